The van der Waals surface area contributed by atoms with Crippen molar-refractivity contribution in [1.29, 1.82) is 0 Å². The molecule has 22 heavy (non-hydrogen) atoms. The lowest BCUT2D eigenvalue weighted by molar-refractivity contribution is -0.120. The molecule has 1 amide bonds. The van der Waals surface area contributed by atoms with Gasteiger partial charge in [-0.25, -0.2) is 4.98 Å². The Morgan fingerprint density at radius 2 is 2.23 bits per heavy atom. The number of benzene rings is 1. The van der Waals surface area contributed by atoms with Crippen LogP contribution in [0.4, 0.5) is 5.69 Å². The van der Waals surface area contributed by atoms with Gasteiger partial charge in [-0.15, -0.1) is 11.3 Å². The van der Waals surface area contributed by atoms with Gasteiger partial charge in [0, 0.05) is 11.9 Å². The fourth-order valence-corrected chi connectivity index (χ4v) is 2.55. The second-order valence-corrected chi connectivity index (χ2v) is 5.71. The van der Waals surface area contributed by atoms with Crippen LogP contribution in [0.2, 0.25) is 0 Å². The summed E-state index contributed by atoms with van der Waals surface area (Å²) in [5.74, 6) is 0.623. The number of para-hydroxylation sites is 2. The number of hydrogen-bond donors (Lipinski definition) is 1. The first-order chi connectivity index (χ1) is 10.6. The zero-order chi connectivity index (χ0) is 15.9. The molecule has 118 valence electrons. The summed E-state index contributed by atoms with van der Waals surface area (Å²) in [4.78, 5) is 18.6. The lowest BCUT2D eigenvalue weighted by Crippen LogP contribution is -2.39. The van der Waals surface area contributed by atoms with Crippen LogP contribution in [0.15, 0.2) is 35.2 Å². The van der Waals surface area contributed by atoms with E-state index in [-0.39, 0.29) is 11.9 Å². The highest BCUT2D eigenvalue weighted by atomic mass is 32.1. The van der Waals surface area contributed by atoms with Crippen molar-refractivity contribution >= 4 is 22.9 Å². The van der Waals surface area contributed by atoms with Crippen molar-refractivity contribution < 1.29 is 9.53 Å². The molecule has 0 saturated carbocycles. The molecule has 6 heteroatoms. The van der Waals surface area contributed by atoms with E-state index in [9.17, 15) is 4.79 Å². The summed E-state index contributed by atoms with van der Waals surface area (Å²) in [6.07, 6.45) is 0. The molecule has 5 nitrogen and oxygen atoms in total. The van der Waals surface area contributed by atoms with Gasteiger partial charge < -0.3 is 10.1 Å². The fourth-order valence-electron chi connectivity index (χ4n) is 2.00. The summed E-state index contributed by atoms with van der Waals surface area (Å²) in [5.41, 5.74) is 3.47. The quantitative estimate of drug-likeness (QED) is 0.852. The number of carbonyl (C=O) groups excluding carboxylic acids is 1. The first-order valence-corrected chi connectivity index (χ1v) is 8.16. The number of nitrogens with one attached hydrogen (secondary N) is 1. The highest BCUT2D eigenvalue weighted by molar-refractivity contribution is 7.07. The number of amides is 1. The Labute approximate surface area is 134 Å². The van der Waals surface area contributed by atoms with E-state index in [0.29, 0.717) is 24.6 Å². The molecule has 1 aromatic heterocycles. The summed E-state index contributed by atoms with van der Waals surface area (Å²) in [6.45, 7) is 5.01. The van der Waals surface area contributed by atoms with E-state index in [2.05, 4.69) is 10.3 Å². The molecule has 0 unspecified atom stereocenters. The second-order valence-electron chi connectivity index (χ2n) is 4.99. The standard InChI is InChI=1S/C16H21N3O2S/c1-4-21-15-8-6-5-7-14(15)18-16(20)12(2)19(3)9-13-10-22-11-17-13/h5-8,10-12H,4,9H2,1-3H3,(H,18,20)/t12-/m1/s1. The number of ether oxygens (including phenoxy) is 1. The third-order valence-corrected chi connectivity index (χ3v) is 4.02. The van der Waals surface area contributed by atoms with Gasteiger partial charge in [0.1, 0.15) is 5.75 Å². The summed E-state index contributed by atoms with van der Waals surface area (Å²) in [7, 11) is 1.91. The largest absolute Gasteiger partial charge is 0.492 e. The monoisotopic (exact) mass is 319 g/mol. The number of anilines is 1. The van der Waals surface area contributed by atoms with Crippen molar-refractivity contribution in [2.45, 2.75) is 26.4 Å². The number of nitrogens with zero attached hydrogens (tertiary/aromatic N) is 2. The molecule has 0 spiro atoms. The van der Waals surface area contributed by atoms with E-state index in [4.69, 9.17) is 4.74 Å². The highest BCUT2D eigenvalue weighted by Gasteiger charge is 2.19. The maximum absolute atomic E-state index is 12.4. The maximum Gasteiger partial charge on any atom is 0.241 e. The number of thiazole rings is 1. The van der Waals surface area contributed by atoms with E-state index in [1.807, 2.05) is 55.4 Å². The first-order valence-electron chi connectivity index (χ1n) is 7.21. The van der Waals surface area contributed by atoms with Crippen molar-refractivity contribution in [2.75, 3.05) is 19.0 Å². The Morgan fingerprint density at radius 1 is 1.45 bits per heavy atom. The van der Waals surface area contributed by atoms with E-state index < -0.39 is 0 Å². The fraction of sp³-hybridized carbons (Fsp3) is 0.375. The van der Waals surface area contributed by atoms with Crippen LogP contribution < -0.4 is 10.1 Å². The summed E-state index contributed by atoms with van der Waals surface area (Å²) in [6, 6.07) is 7.19. The van der Waals surface area contributed by atoms with Gasteiger partial charge in [-0.1, -0.05) is 12.1 Å². The molecule has 0 radical (unpaired) electrons. The third-order valence-electron chi connectivity index (χ3n) is 3.38. The van der Waals surface area contributed by atoms with Gasteiger partial charge in [-0.3, -0.25) is 9.69 Å². The van der Waals surface area contributed by atoms with Crippen molar-refractivity contribution in [3.63, 3.8) is 0 Å². The van der Waals surface area contributed by atoms with Crippen LogP contribution in [0, 0.1) is 0 Å². The Bertz CT molecular complexity index is 601. The minimum Gasteiger partial charge on any atom is -0.492 e. The predicted octanol–water partition coefficient (Wildman–Crippen LogP) is 3.00. The van der Waals surface area contributed by atoms with E-state index in [1.165, 1.54) is 0 Å². The van der Waals surface area contributed by atoms with E-state index >= 15 is 0 Å². The van der Waals surface area contributed by atoms with Gasteiger partial charge in [0.15, 0.2) is 0 Å². The summed E-state index contributed by atoms with van der Waals surface area (Å²) < 4.78 is 5.53. The molecule has 1 atom stereocenters. The van der Waals surface area contributed by atoms with Crippen LogP contribution in [0.25, 0.3) is 0 Å². The van der Waals surface area contributed by atoms with Gasteiger partial charge in [0.2, 0.25) is 5.91 Å². The molecular weight excluding hydrogens is 298 g/mol. The second kappa shape index (κ2) is 7.91. The van der Waals surface area contributed by atoms with Crippen LogP contribution in [-0.4, -0.2) is 35.5 Å². The Kier molecular flexibility index (Phi) is 5.91. The molecular formula is C16H21N3O2S. The lowest BCUT2D eigenvalue weighted by atomic mass is 10.2. The number of hydrogen-bond acceptors (Lipinski definition) is 5. The number of carbonyl (C=O) groups is 1. The highest BCUT2D eigenvalue weighted by Crippen LogP contribution is 2.24. The van der Waals surface area contributed by atoms with Gasteiger partial charge in [-0.05, 0) is 33.0 Å². The number of likely N-dealkylation sites (N-methyl/N-ethyl adjacent to an activating group) is 1. The average molecular weight is 319 g/mol. The van der Waals surface area contributed by atoms with Crippen LogP contribution in [0.5, 0.6) is 5.75 Å². The molecule has 1 aromatic carbocycles. The van der Waals surface area contributed by atoms with E-state index in [0.717, 1.165) is 5.69 Å². The van der Waals surface area contributed by atoms with Crippen molar-refractivity contribution in [3.05, 3.63) is 40.8 Å². The molecule has 0 fully saturated rings. The van der Waals surface area contributed by atoms with E-state index in [1.54, 1.807) is 16.8 Å². The van der Waals surface area contributed by atoms with Gasteiger partial charge in [-0.2, -0.15) is 0 Å². The molecule has 0 aliphatic rings. The topological polar surface area (TPSA) is 54.5 Å². The average Bonchev–Trinajstić information content (AvgIpc) is 3.01. The Morgan fingerprint density at radius 3 is 2.91 bits per heavy atom. The van der Waals surface area contributed by atoms with Crippen molar-refractivity contribution in [3.8, 4) is 5.75 Å². The molecule has 0 bridgehead atoms. The summed E-state index contributed by atoms with van der Waals surface area (Å²) >= 11 is 1.56. The Balaban J connectivity index is 1.99. The van der Waals surface area contributed by atoms with Crippen molar-refractivity contribution in [2.24, 2.45) is 0 Å². The molecule has 1 heterocycles. The number of rotatable bonds is 7. The number of aromatic nitrogens is 1. The lowest BCUT2D eigenvalue weighted by Gasteiger charge is -2.23. The SMILES string of the molecule is CCOc1ccccc1NC(=O)[C@@H](C)N(C)Cc1cscn1. The van der Waals surface area contributed by atoms with Crippen molar-refractivity contribution in [1.82, 2.24) is 9.88 Å². The van der Waals surface area contributed by atoms with Gasteiger partial charge >= 0.3 is 0 Å². The van der Waals surface area contributed by atoms with Gasteiger partial charge in [0.25, 0.3) is 0 Å². The first kappa shape index (κ1) is 16.5. The molecule has 2 rings (SSSR count). The molecule has 0 aliphatic carbocycles. The van der Waals surface area contributed by atoms with Gasteiger partial charge in [0.05, 0.1) is 29.5 Å². The predicted molar refractivity (Wildman–Crippen MR) is 89.3 cm³/mol. The smallest absolute Gasteiger partial charge is 0.241 e. The van der Waals surface area contributed by atoms with Crippen LogP contribution in [-0.2, 0) is 11.3 Å². The minimum absolute atomic E-state index is 0.0649. The molecule has 0 aliphatic heterocycles. The van der Waals surface area contributed by atoms with Crippen LogP contribution in [0.1, 0.15) is 19.5 Å². The molecule has 1 N–H and O–H groups in total. The normalized spacial score (nSPS) is 12.2. The summed E-state index contributed by atoms with van der Waals surface area (Å²) in [5, 5.41) is 4.92. The van der Waals surface area contributed by atoms with Crippen LogP contribution in [0.3, 0.4) is 0 Å². The Hall–Kier alpha value is -1.92. The molecule has 2 aromatic rings. The zero-order valence-corrected chi connectivity index (χ0v) is 13.9. The zero-order valence-electron chi connectivity index (χ0n) is 13.1. The maximum atomic E-state index is 12.4. The minimum atomic E-state index is -0.267. The third kappa shape index (κ3) is 4.29. The van der Waals surface area contributed by atoms with Crippen LogP contribution >= 0.6 is 11.3 Å². The molecule has 0 saturated heterocycles.